The number of anilines is 1. The van der Waals surface area contributed by atoms with Crippen molar-refractivity contribution < 1.29 is 18.4 Å². The zero-order chi connectivity index (χ0) is 21.8. The second-order valence-corrected chi connectivity index (χ2v) is 7.18. The van der Waals surface area contributed by atoms with E-state index >= 15 is 0 Å². The molecule has 4 rings (SSSR count). The Morgan fingerprint density at radius 2 is 2.00 bits per heavy atom. The standard InChI is InChI=1S/C23H21FN4O3/c1-15-6-8-20(9-7-15)30-14-21-16(2)31-27-22(21)23(29)26-19-11-25-28(13-19)12-17-4-3-5-18(24)10-17/h3-11,13H,12,14H2,1-2H3,(H,26,29). The maximum atomic E-state index is 13.4. The lowest BCUT2D eigenvalue weighted by Gasteiger charge is -2.07. The van der Waals surface area contributed by atoms with Gasteiger partial charge in [-0.1, -0.05) is 35.0 Å². The Bertz CT molecular complexity index is 1200. The minimum Gasteiger partial charge on any atom is -0.489 e. The maximum absolute atomic E-state index is 13.4. The van der Waals surface area contributed by atoms with E-state index in [1.165, 1.54) is 18.3 Å². The van der Waals surface area contributed by atoms with E-state index in [-0.39, 0.29) is 18.1 Å². The number of benzene rings is 2. The molecule has 2 aromatic carbocycles. The summed E-state index contributed by atoms with van der Waals surface area (Å²) in [6, 6.07) is 13.9. The van der Waals surface area contributed by atoms with Crippen LogP contribution in [0.3, 0.4) is 0 Å². The van der Waals surface area contributed by atoms with Gasteiger partial charge in [-0.05, 0) is 43.7 Å². The minimum absolute atomic E-state index is 0.153. The molecule has 0 saturated heterocycles. The molecule has 31 heavy (non-hydrogen) atoms. The van der Waals surface area contributed by atoms with Crippen molar-refractivity contribution in [2.75, 3.05) is 5.32 Å². The number of hydrogen-bond donors (Lipinski definition) is 1. The van der Waals surface area contributed by atoms with Gasteiger partial charge in [0, 0.05) is 6.20 Å². The second kappa shape index (κ2) is 8.83. The molecule has 8 heteroatoms. The van der Waals surface area contributed by atoms with Gasteiger partial charge in [-0.2, -0.15) is 5.10 Å². The Morgan fingerprint density at radius 1 is 1.19 bits per heavy atom. The summed E-state index contributed by atoms with van der Waals surface area (Å²) in [5.41, 5.74) is 3.12. The summed E-state index contributed by atoms with van der Waals surface area (Å²) in [5, 5.41) is 10.9. The fourth-order valence-electron chi connectivity index (χ4n) is 3.06. The molecule has 1 N–H and O–H groups in total. The number of ether oxygens (including phenoxy) is 1. The molecule has 2 heterocycles. The van der Waals surface area contributed by atoms with Gasteiger partial charge in [-0.15, -0.1) is 0 Å². The zero-order valence-electron chi connectivity index (χ0n) is 17.1. The fourth-order valence-corrected chi connectivity index (χ4v) is 3.06. The highest BCUT2D eigenvalue weighted by molar-refractivity contribution is 6.03. The fraction of sp³-hybridized carbons (Fsp3) is 0.174. The highest BCUT2D eigenvalue weighted by Gasteiger charge is 2.21. The molecule has 0 radical (unpaired) electrons. The number of hydrogen-bond acceptors (Lipinski definition) is 5. The number of carbonyl (C=O) groups is 1. The van der Waals surface area contributed by atoms with Gasteiger partial charge in [0.15, 0.2) is 5.69 Å². The van der Waals surface area contributed by atoms with E-state index in [9.17, 15) is 9.18 Å². The Morgan fingerprint density at radius 3 is 2.77 bits per heavy atom. The summed E-state index contributed by atoms with van der Waals surface area (Å²) in [6.07, 6.45) is 3.19. The van der Waals surface area contributed by atoms with Crippen LogP contribution in [0, 0.1) is 19.7 Å². The van der Waals surface area contributed by atoms with Crippen LogP contribution in [-0.4, -0.2) is 20.8 Å². The zero-order valence-corrected chi connectivity index (χ0v) is 17.1. The monoisotopic (exact) mass is 420 g/mol. The number of carbonyl (C=O) groups excluding carboxylic acids is 1. The molecule has 7 nitrogen and oxygen atoms in total. The Kier molecular flexibility index (Phi) is 5.79. The van der Waals surface area contributed by atoms with Crippen molar-refractivity contribution in [1.29, 1.82) is 0 Å². The lowest BCUT2D eigenvalue weighted by molar-refractivity contribution is 0.101. The lowest BCUT2D eigenvalue weighted by atomic mass is 10.2. The predicted octanol–water partition coefficient (Wildman–Crippen LogP) is 4.51. The number of halogens is 1. The van der Waals surface area contributed by atoms with Gasteiger partial charge in [0.05, 0.1) is 24.0 Å². The van der Waals surface area contributed by atoms with Crippen molar-refractivity contribution in [1.82, 2.24) is 14.9 Å². The molecule has 0 fully saturated rings. The number of aromatic nitrogens is 3. The molecule has 0 spiro atoms. The normalized spacial score (nSPS) is 10.8. The predicted molar refractivity (Wildman–Crippen MR) is 112 cm³/mol. The molecule has 0 aliphatic heterocycles. The van der Waals surface area contributed by atoms with E-state index in [0.717, 1.165) is 11.1 Å². The van der Waals surface area contributed by atoms with E-state index in [4.69, 9.17) is 9.26 Å². The molecule has 0 unspecified atom stereocenters. The molecule has 2 aromatic heterocycles. The third kappa shape index (κ3) is 4.98. The number of amides is 1. The lowest BCUT2D eigenvalue weighted by Crippen LogP contribution is -2.15. The Labute approximate surface area is 178 Å². The van der Waals surface area contributed by atoms with Crippen LogP contribution < -0.4 is 10.1 Å². The van der Waals surface area contributed by atoms with Crippen molar-refractivity contribution in [3.8, 4) is 5.75 Å². The summed E-state index contributed by atoms with van der Waals surface area (Å²) in [5.74, 6) is 0.472. The van der Waals surface area contributed by atoms with Gasteiger partial charge in [-0.25, -0.2) is 4.39 Å². The highest BCUT2D eigenvalue weighted by Crippen LogP contribution is 2.20. The first-order valence-electron chi connectivity index (χ1n) is 9.71. The molecule has 158 valence electrons. The van der Waals surface area contributed by atoms with Crippen molar-refractivity contribution in [3.05, 3.63) is 94.9 Å². The molecule has 1 amide bonds. The first-order chi connectivity index (χ1) is 15.0. The highest BCUT2D eigenvalue weighted by atomic mass is 19.1. The molecule has 0 bridgehead atoms. The van der Waals surface area contributed by atoms with Crippen LogP contribution in [0.5, 0.6) is 5.75 Å². The summed E-state index contributed by atoms with van der Waals surface area (Å²) in [7, 11) is 0. The molecular weight excluding hydrogens is 399 g/mol. The number of nitrogens with zero attached hydrogens (tertiary/aromatic N) is 3. The van der Waals surface area contributed by atoms with Crippen LogP contribution in [0.4, 0.5) is 10.1 Å². The van der Waals surface area contributed by atoms with E-state index < -0.39 is 5.91 Å². The van der Waals surface area contributed by atoms with Gasteiger partial charge in [0.1, 0.15) is 23.9 Å². The quantitative estimate of drug-likeness (QED) is 0.476. The third-order valence-corrected chi connectivity index (χ3v) is 4.73. The van der Waals surface area contributed by atoms with Gasteiger partial charge in [0.2, 0.25) is 0 Å². The van der Waals surface area contributed by atoms with Gasteiger partial charge in [0.25, 0.3) is 5.91 Å². The van der Waals surface area contributed by atoms with Crippen LogP contribution in [0.1, 0.15) is 32.9 Å². The largest absolute Gasteiger partial charge is 0.489 e. The van der Waals surface area contributed by atoms with Crippen molar-refractivity contribution >= 4 is 11.6 Å². The Balaban J connectivity index is 1.42. The van der Waals surface area contributed by atoms with Crippen LogP contribution in [0.25, 0.3) is 0 Å². The van der Waals surface area contributed by atoms with Gasteiger partial charge >= 0.3 is 0 Å². The molecule has 4 aromatic rings. The average molecular weight is 420 g/mol. The molecule has 0 aliphatic rings. The number of rotatable bonds is 7. The maximum Gasteiger partial charge on any atom is 0.278 e. The van der Waals surface area contributed by atoms with Crippen molar-refractivity contribution in [3.63, 3.8) is 0 Å². The summed E-state index contributed by atoms with van der Waals surface area (Å²) in [6.45, 7) is 4.26. The minimum atomic E-state index is -0.426. The van der Waals surface area contributed by atoms with Crippen molar-refractivity contribution in [2.45, 2.75) is 27.0 Å². The molecule has 0 saturated carbocycles. The van der Waals surface area contributed by atoms with Gasteiger partial charge in [-0.3, -0.25) is 9.48 Å². The summed E-state index contributed by atoms with van der Waals surface area (Å²) in [4.78, 5) is 12.7. The molecular formula is C23H21FN4O3. The van der Waals surface area contributed by atoms with Crippen LogP contribution >= 0.6 is 0 Å². The number of aryl methyl sites for hydroxylation is 2. The van der Waals surface area contributed by atoms with E-state index in [1.807, 2.05) is 37.3 Å². The van der Waals surface area contributed by atoms with Crippen LogP contribution in [0.15, 0.2) is 65.4 Å². The molecule has 0 atom stereocenters. The summed E-state index contributed by atoms with van der Waals surface area (Å²) >= 11 is 0. The van der Waals surface area contributed by atoms with Crippen LogP contribution in [0.2, 0.25) is 0 Å². The average Bonchev–Trinajstić information content (AvgIpc) is 3.33. The van der Waals surface area contributed by atoms with E-state index in [0.29, 0.717) is 29.3 Å². The Hall–Kier alpha value is -3.94. The van der Waals surface area contributed by atoms with Gasteiger partial charge < -0.3 is 14.6 Å². The third-order valence-electron chi connectivity index (χ3n) is 4.73. The first-order valence-corrected chi connectivity index (χ1v) is 9.71. The van der Waals surface area contributed by atoms with Crippen LogP contribution in [-0.2, 0) is 13.2 Å². The summed E-state index contributed by atoms with van der Waals surface area (Å²) < 4.78 is 26.0. The topological polar surface area (TPSA) is 82.2 Å². The van der Waals surface area contributed by atoms with Crippen molar-refractivity contribution in [2.24, 2.45) is 0 Å². The smallest absolute Gasteiger partial charge is 0.278 e. The SMILES string of the molecule is Cc1ccc(OCc2c(C(=O)Nc3cnn(Cc4cccc(F)c4)c3)noc2C)cc1. The van der Waals surface area contributed by atoms with E-state index in [2.05, 4.69) is 15.6 Å². The first kappa shape index (κ1) is 20.3. The molecule has 0 aliphatic carbocycles. The number of nitrogens with one attached hydrogen (secondary N) is 1. The van der Waals surface area contributed by atoms with E-state index in [1.54, 1.807) is 23.9 Å². The second-order valence-electron chi connectivity index (χ2n) is 7.18.